The second-order valence-electron chi connectivity index (χ2n) is 8.33. The molecule has 1 fully saturated rings. The highest BCUT2D eigenvalue weighted by molar-refractivity contribution is 7.94. The van der Waals surface area contributed by atoms with Crippen LogP contribution in [0.2, 0.25) is 5.02 Å². The first-order valence-electron chi connectivity index (χ1n) is 10.4. The van der Waals surface area contributed by atoms with Gasteiger partial charge in [-0.2, -0.15) is 0 Å². The minimum atomic E-state index is -4.71. The Morgan fingerprint density at radius 2 is 1.68 bits per heavy atom. The van der Waals surface area contributed by atoms with Crippen molar-refractivity contribution in [1.82, 2.24) is 0 Å². The van der Waals surface area contributed by atoms with Crippen LogP contribution < -0.4 is 9.80 Å². The molecule has 0 aliphatic carbocycles. The monoisotopic (exact) mass is 551 g/mol. The van der Waals surface area contributed by atoms with Crippen LogP contribution in [0.25, 0.3) is 0 Å². The van der Waals surface area contributed by atoms with Crippen LogP contribution in [0.15, 0.2) is 54.6 Å². The summed E-state index contributed by atoms with van der Waals surface area (Å²) in [5.74, 6) is -6.60. The van der Waals surface area contributed by atoms with E-state index in [9.17, 15) is 41.3 Å². The van der Waals surface area contributed by atoms with Gasteiger partial charge in [-0.1, -0.05) is 17.7 Å². The predicted molar refractivity (Wildman–Crippen MR) is 125 cm³/mol. The van der Waals surface area contributed by atoms with Gasteiger partial charge in [0.15, 0.2) is 21.5 Å². The summed E-state index contributed by atoms with van der Waals surface area (Å²) in [7, 11) is -4.71. The largest absolute Gasteiger partial charge is 0.304 e. The van der Waals surface area contributed by atoms with E-state index in [0.717, 1.165) is 53.4 Å². The maximum absolute atomic E-state index is 14.0. The van der Waals surface area contributed by atoms with Gasteiger partial charge in [0, 0.05) is 23.4 Å². The van der Waals surface area contributed by atoms with E-state index in [4.69, 9.17) is 11.6 Å². The molecule has 5 rings (SSSR count). The number of non-ortho nitro benzene ring substituents is 1. The number of carbonyl (C=O) groups is 2. The predicted octanol–water partition coefficient (Wildman–Crippen LogP) is 3.83. The van der Waals surface area contributed by atoms with Crippen LogP contribution in [-0.4, -0.2) is 30.9 Å². The Hall–Kier alpha value is -3.97. The third-order valence-corrected chi connectivity index (χ3v) is 8.59. The van der Waals surface area contributed by atoms with Crippen LogP contribution in [0.1, 0.15) is 11.1 Å². The van der Waals surface area contributed by atoms with Crippen LogP contribution in [0.4, 0.5) is 30.2 Å². The van der Waals surface area contributed by atoms with Crippen molar-refractivity contribution in [2.45, 2.75) is 11.4 Å². The van der Waals surface area contributed by atoms with Gasteiger partial charge >= 0.3 is 0 Å². The fourth-order valence-electron chi connectivity index (χ4n) is 4.64. The number of rotatable bonds is 4. The van der Waals surface area contributed by atoms with Crippen molar-refractivity contribution in [1.29, 1.82) is 0 Å². The SMILES string of the molecule is O=C1CS(=O)(=O)[C@]2(C(=O)N(Cc3ccc(F)c(F)c3)c3ccc([N+](=O)[O-])cc32)N1c1ccc(F)c(Cl)c1. The number of fused-ring (bicyclic) bond motifs is 2. The van der Waals surface area contributed by atoms with E-state index in [1.165, 1.54) is 6.07 Å². The number of hydrogen-bond donors (Lipinski definition) is 0. The lowest BCUT2D eigenvalue weighted by Gasteiger charge is -2.32. The molecule has 1 atom stereocenters. The van der Waals surface area contributed by atoms with Crippen molar-refractivity contribution in [3.8, 4) is 0 Å². The molecule has 3 aromatic carbocycles. The second-order valence-corrected chi connectivity index (χ2v) is 10.8. The molecular weight excluding hydrogens is 539 g/mol. The molecule has 0 saturated carbocycles. The van der Waals surface area contributed by atoms with E-state index in [2.05, 4.69) is 0 Å². The van der Waals surface area contributed by atoms with Crippen molar-refractivity contribution in [2.24, 2.45) is 0 Å². The molecular formula is C23H13ClF3N3O6S. The number of carbonyl (C=O) groups excluding carboxylic acids is 2. The van der Waals surface area contributed by atoms with E-state index in [1.807, 2.05) is 0 Å². The normalized spacial score (nSPS) is 20.1. The Bertz CT molecular complexity index is 1650. The lowest BCUT2D eigenvalue weighted by Crippen LogP contribution is -2.54. The topological polar surface area (TPSA) is 118 Å². The highest BCUT2D eigenvalue weighted by atomic mass is 35.5. The Kier molecular flexibility index (Phi) is 5.53. The summed E-state index contributed by atoms with van der Waals surface area (Å²) in [5, 5.41) is 11.1. The summed E-state index contributed by atoms with van der Waals surface area (Å²) in [5.41, 5.74) is -1.21. The fourth-order valence-corrected chi connectivity index (χ4v) is 6.84. The quantitative estimate of drug-likeness (QED) is 0.359. The number of nitrogens with zero attached hydrogens (tertiary/aromatic N) is 3. The molecule has 3 aromatic rings. The first-order chi connectivity index (χ1) is 17.4. The van der Waals surface area contributed by atoms with E-state index in [-0.39, 0.29) is 22.5 Å². The van der Waals surface area contributed by atoms with E-state index in [1.54, 1.807) is 0 Å². The average molecular weight is 552 g/mol. The molecule has 0 N–H and O–H groups in total. The molecule has 2 amide bonds. The molecule has 0 bridgehead atoms. The van der Waals surface area contributed by atoms with Gasteiger partial charge in [0.05, 0.1) is 22.2 Å². The molecule has 2 heterocycles. The highest BCUT2D eigenvalue weighted by Gasteiger charge is 2.70. The van der Waals surface area contributed by atoms with Gasteiger partial charge in [0.25, 0.3) is 16.5 Å². The second kappa shape index (κ2) is 8.28. The van der Waals surface area contributed by atoms with Crippen LogP contribution in [-0.2, 0) is 30.8 Å². The summed E-state index contributed by atoms with van der Waals surface area (Å²) in [6, 6.07) is 8.71. The van der Waals surface area contributed by atoms with Crippen molar-refractivity contribution in [2.75, 3.05) is 15.6 Å². The molecule has 37 heavy (non-hydrogen) atoms. The van der Waals surface area contributed by atoms with E-state index >= 15 is 0 Å². The first-order valence-corrected chi connectivity index (χ1v) is 12.5. The van der Waals surface area contributed by atoms with Crippen molar-refractivity contribution >= 4 is 50.3 Å². The van der Waals surface area contributed by atoms with Crippen molar-refractivity contribution in [3.05, 3.63) is 98.3 Å². The lowest BCUT2D eigenvalue weighted by molar-refractivity contribution is -0.384. The summed E-state index contributed by atoms with van der Waals surface area (Å²) in [4.78, 5) is 36.6. The zero-order valence-corrected chi connectivity index (χ0v) is 19.9. The summed E-state index contributed by atoms with van der Waals surface area (Å²) >= 11 is 5.86. The maximum Gasteiger partial charge on any atom is 0.274 e. The molecule has 14 heteroatoms. The number of nitro benzene ring substituents is 1. The van der Waals surface area contributed by atoms with E-state index < -0.39 is 71.9 Å². The summed E-state index contributed by atoms with van der Waals surface area (Å²) in [6.07, 6.45) is 0. The van der Waals surface area contributed by atoms with Gasteiger partial charge in [-0.3, -0.25) is 24.6 Å². The molecule has 1 saturated heterocycles. The molecule has 190 valence electrons. The van der Waals surface area contributed by atoms with Gasteiger partial charge in [-0.25, -0.2) is 21.6 Å². The minimum absolute atomic E-state index is 0.0756. The smallest absolute Gasteiger partial charge is 0.274 e. The molecule has 2 aliphatic heterocycles. The van der Waals surface area contributed by atoms with Gasteiger partial charge < -0.3 is 4.90 Å². The Morgan fingerprint density at radius 3 is 2.32 bits per heavy atom. The van der Waals surface area contributed by atoms with Gasteiger partial charge in [-0.05, 0) is 42.0 Å². The fraction of sp³-hybridized carbons (Fsp3) is 0.130. The standard InChI is InChI=1S/C23H13ClF3N3O6S/c24-16-9-13(2-5-17(16)25)29-21(31)11-37(35,36)23(29)15-8-14(30(33)34)3-6-20(15)28(22(23)32)10-12-1-4-18(26)19(27)7-12/h1-9H,10-11H2/t23-/m1/s1. The number of amides is 2. The number of hydrogen-bond acceptors (Lipinski definition) is 6. The molecule has 1 spiro atoms. The van der Waals surface area contributed by atoms with E-state index in [0.29, 0.717) is 4.90 Å². The molecule has 2 aliphatic rings. The zero-order chi connectivity index (χ0) is 26.9. The number of benzene rings is 3. The molecule has 0 radical (unpaired) electrons. The lowest BCUT2D eigenvalue weighted by atomic mass is 10.0. The van der Waals surface area contributed by atoms with Crippen LogP contribution in [0.3, 0.4) is 0 Å². The van der Waals surface area contributed by atoms with Crippen LogP contribution in [0, 0.1) is 27.6 Å². The van der Waals surface area contributed by atoms with Gasteiger partial charge in [-0.15, -0.1) is 0 Å². The zero-order valence-electron chi connectivity index (χ0n) is 18.3. The Labute approximate surface area is 211 Å². The molecule has 0 unspecified atom stereocenters. The third-order valence-electron chi connectivity index (χ3n) is 6.20. The number of anilines is 2. The number of nitro groups is 1. The average Bonchev–Trinajstić information content (AvgIpc) is 3.20. The van der Waals surface area contributed by atoms with Crippen molar-refractivity contribution in [3.63, 3.8) is 0 Å². The van der Waals surface area contributed by atoms with Crippen molar-refractivity contribution < 1.29 is 36.1 Å². The van der Waals surface area contributed by atoms with Gasteiger partial charge in [0.1, 0.15) is 11.6 Å². The first kappa shape index (κ1) is 24.7. The van der Waals surface area contributed by atoms with Crippen LogP contribution >= 0.6 is 11.6 Å². The molecule has 0 aromatic heterocycles. The van der Waals surface area contributed by atoms with Crippen LogP contribution in [0.5, 0.6) is 0 Å². The highest BCUT2D eigenvalue weighted by Crippen LogP contribution is 2.53. The molecule has 9 nitrogen and oxygen atoms in total. The number of halogens is 4. The Morgan fingerprint density at radius 1 is 0.973 bits per heavy atom. The Balaban J connectivity index is 1.78. The minimum Gasteiger partial charge on any atom is -0.304 e. The summed E-state index contributed by atoms with van der Waals surface area (Å²) < 4.78 is 68.4. The maximum atomic E-state index is 14.0. The number of sulfone groups is 1. The van der Waals surface area contributed by atoms with Gasteiger partial charge in [0.2, 0.25) is 5.91 Å². The summed E-state index contributed by atoms with van der Waals surface area (Å²) in [6.45, 7) is -0.454. The third kappa shape index (κ3) is 3.49.